The zero-order chi connectivity index (χ0) is 21.9. The minimum absolute atomic E-state index is 0.398. The number of carbonyl (C=O) groups is 1. The van der Waals surface area contributed by atoms with E-state index in [1.165, 1.54) is 12.8 Å². The standard InChI is InChI=1S/C22H36N4O3Si/c1-22(2,3)29-21(27)24-25(15-17-10-11-17)19-9-7-8-18-14-23-26(20(18)19)16-28-12-13-30(4,5)6/h7-9,14,17H,10-13,15-16H2,1-6H3,(H,24,27). The van der Waals surface area contributed by atoms with Crippen molar-refractivity contribution in [3.63, 3.8) is 0 Å². The minimum atomic E-state index is -1.14. The number of ether oxygens (including phenoxy) is 2. The lowest BCUT2D eigenvalue weighted by Gasteiger charge is -2.28. The fourth-order valence-corrected chi connectivity index (χ4v) is 3.90. The second-order valence-corrected chi connectivity index (χ2v) is 16.0. The lowest BCUT2D eigenvalue weighted by Crippen LogP contribution is -2.46. The maximum Gasteiger partial charge on any atom is 0.426 e. The zero-order valence-corrected chi connectivity index (χ0v) is 20.2. The summed E-state index contributed by atoms with van der Waals surface area (Å²) in [6, 6.07) is 7.16. The minimum Gasteiger partial charge on any atom is -0.443 e. The van der Waals surface area contributed by atoms with Crippen molar-refractivity contribution in [2.45, 2.75) is 71.6 Å². The van der Waals surface area contributed by atoms with Gasteiger partial charge >= 0.3 is 6.09 Å². The molecule has 3 rings (SSSR count). The van der Waals surface area contributed by atoms with Crippen LogP contribution in [-0.2, 0) is 16.2 Å². The normalized spacial score (nSPS) is 14.7. The number of rotatable bonds is 9. The molecular weight excluding hydrogens is 396 g/mol. The Morgan fingerprint density at radius 1 is 1.30 bits per heavy atom. The molecule has 0 unspecified atom stereocenters. The molecule has 1 fully saturated rings. The average molecular weight is 433 g/mol. The maximum absolute atomic E-state index is 12.5. The fourth-order valence-electron chi connectivity index (χ4n) is 3.14. The summed E-state index contributed by atoms with van der Waals surface area (Å²) in [7, 11) is -1.14. The lowest BCUT2D eigenvalue weighted by atomic mass is 10.2. The monoisotopic (exact) mass is 432 g/mol. The average Bonchev–Trinajstić information content (AvgIpc) is 3.33. The summed E-state index contributed by atoms with van der Waals surface area (Å²) in [5.74, 6) is 0.583. The number of fused-ring (bicyclic) bond motifs is 1. The van der Waals surface area contributed by atoms with Crippen molar-refractivity contribution in [2.24, 2.45) is 5.92 Å². The van der Waals surface area contributed by atoms with Gasteiger partial charge < -0.3 is 9.47 Å². The Bertz CT molecular complexity index is 865. The van der Waals surface area contributed by atoms with Crippen molar-refractivity contribution >= 4 is 30.8 Å². The largest absolute Gasteiger partial charge is 0.443 e. The van der Waals surface area contributed by atoms with E-state index in [0.717, 1.165) is 35.8 Å². The van der Waals surface area contributed by atoms with Crippen molar-refractivity contribution in [1.29, 1.82) is 0 Å². The van der Waals surface area contributed by atoms with Crippen LogP contribution in [0.15, 0.2) is 24.4 Å². The molecule has 1 saturated carbocycles. The molecule has 1 amide bonds. The van der Waals surface area contributed by atoms with Gasteiger partial charge in [0, 0.05) is 26.6 Å². The van der Waals surface area contributed by atoms with Crippen LogP contribution < -0.4 is 10.4 Å². The fraction of sp³-hybridized carbons (Fsp3) is 0.636. The number of aromatic nitrogens is 2. The highest BCUT2D eigenvalue weighted by Crippen LogP contribution is 2.33. The van der Waals surface area contributed by atoms with Crippen molar-refractivity contribution in [3.8, 4) is 0 Å². The highest BCUT2D eigenvalue weighted by Gasteiger charge is 2.28. The molecule has 0 spiro atoms. The second-order valence-electron chi connectivity index (χ2n) is 10.4. The first-order valence-corrected chi connectivity index (χ1v) is 14.5. The van der Waals surface area contributed by atoms with E-state index in [9.17, 15) is 4.79 Å². The molecule has 1 aliphatic carbocycles. The summed E-state index contributed by atoms with van der Waals surface area (Å²) in [5, 5.41) is 7.47. The Labute approximate surface area is 180 Å². The molecule has 166 valence electrons. The molecule has 8 heteroatoms. The summed E-state index contributed by atoms with van der Waals surface area (Å²) in [6.45, 7) is 14.5. The van der Waals surface area contributed by atoms with Gasteiger partial charge in [-0.1, -0.05) is 31.8 Å². The third-order valence-electron chi connectivity index (χ3n) is 4.90. The highest BCUT2D eigenvalue weighted by atomic mass is 28.3. The predicted molar refractivity (Wildman–Crippen MR) is 123 cm³/mol. The topological polar surface area (TPSA) is 68.6 Å². The van der Waals surface area contributed by atoms with Crippen molar-refractivity contribution in [3.05, 3.63) is 24.4 Å². The molecule has 0 aliphatic heterocycles. The van der Waals surface area contributed by atoms with Crippen LogP contribution in [-0.4, -0.2) is 42.7 Å². The number of anilines is 1. The third-order valence-corrected chi connectivity index (χ3v) is 6.61. The number of benzene rings is 1. The second kappa shape index (κ2) is 8.97. The van der Waals surface area contributed by atoms with Gasteiger partial charge in [-0.15, -0.1) is 0 Å². The van der Waals surface area contributed by atoms with Gasteiger partial charge in [-0.05, 0) is 51.6 Å². The zero-order valence-electron chi connectivity index (χ0n) is 19.2. The number of hydrazine groups is 1. The van der Waals surface area contributed by atoms with Crippen LogP contribution in [0.5, 0.6) is 0 Å². The van der Waals surface area contributed by atoms with Gasteiger partial charge in [0.2, 0.25) is 0 Å². The number of amides is 1. The molecule has 2 aromatic rings. The summed E-state index contributed by atoms with van der Waals surface area (Å²) >= 11 is 0. The summed E-state index contributed by atoms with van der Waals surface area (Å²) in [5.41, 5.74) is 4.28. The molecule has 1 heterocycles. The van der Waals surface area contributed by atoms with Gasteiger partial charge in [0.05, 0.1) is 17.4 Å². The van der Waals surface area contributed by atoms with Crippen LogP contribution in [0.1, 0.15) is 33.6 Å². The van der Waals surface area contributed by atoms with E-state index in [1.54, 1.807) is 0 Å². The quantitative estimate of drug-likeness (QED) is 0.343. The Morgan fingerprint density at radius 2 is 2.03 bits per heavy atom. The number of nitrogens with zero attached hydrogens (tertiary/aromatic N) is 3. The number of nitrogens with one attached hydrogen (secondary N) is 1. The Hall–Kier alpha value is -2.06. The molecule has 7 nitrogen and oxygen atoms in total. The first-order valence-electron chi connectivity index (χ1n) is 10.8. The van der Waals surface area contributed by atoms with Crippen molar-refractivity contribution < 1.29 is 14.3 Å². The molecular formula is C22H36N4O3Si. The van der Waals surface area contributed by atoms with Crippen LogP contribution in [0.3, 0.4) is 0 Å². The Morgan fingerprint density at radius 3 is 2.67 bits per heavy atom. The SMILES string of the molecule is CC(C)(C)OC(=O)NN(CC1CC1)c1cccc2cnn(COCC[Si](C)(C)C)c12. The van der Waals surface area contributed by atoms with E-state index in [4.69, 9.17) is 9.47 Å². The van der Waals surface area contributed by atoms with Gasteiger partial charge in [0.1, 0.15) is 12.3 Å². The van der Waals surface area contributed by atoms with Crippen molar-refractivity contribution in [1.82, 2.24) is 15.2 Å². The number of hydrogen-bond donors (Lipinski definition) is 1. The van der Waals surface area contributed by atoms with Crippen LogP contribution in [0.4, 0.5) is 10.5 Å². The molecule has 0 saturated heterocycles. The van der Waals surface area contributed by atoms with E-state index in [-0.39, 0.29) is 0 Å². The van der Waals surface area contributed by atoms with Gasteiger partial charge in [-0.3, -0.25) is 5.01 Å². The molecule has 30 heavy (non-hydrogen) atoms. The van der Waals surface area contributed by atoms with Gasteiger partial charge in [-0.2, -0.15) is 5.10 Å². The highest BCUT2D eigenvalue weighted by molar-refractivity contribution is 6.76. The summed E-state index contributed by atoms with van der Waals surface area (Å²) in [6.07, 6.45) is 3.77. The van der Waals surface area contributed by atoms with E-state index >= 15 is 0 Å². The van der Waals surface area contributed by atoms with E-state index in [1.807, 2.05) is 54.9 Å². The Kier molecular flexibility index (Phi) is 6.77. The third kappa shape index (κ3) is 6.73. The van der Waals surface area contributed by atoms with Crippen LogP contribution >= 0.6 is 0 Å². The maximum atomic E-state index is 12.5. The predicted octanol–water partition coefficient (Wildman–Crippen LogP) is 5.00. The van der Waals surface area contributed by atoms with E-state index < -0.39 is 19.8 Å². The van der Waals surface area contributed by atoms with Crippen LogP contribution in [0, 0.1) is 5.92 Å². The first kappa shape index (κ1) is 22.6. The molecule has 0 atom stereocenters. The molecule has 1 N–H and O–H groups in total. The van der Waals surface area contributed by atoms with Gasteiger partial charge in [0.25, 0.3) is 0 Å². The van der Waals surface area contributed by atoms with Gasteiger partial charge in [0.15, 0.2) is 0 Å². The lowest BCUT2D eigenvalue weighted by molar-refractivity contribution is 0.0520. The number of carbonyl (C=O) groups excluding carboxylic acids is 1. The van der Waals surface area contributed by atoms with Crippen LogP contribution in [0.2, 0.25) is 25.7 Å². The van der Waals surface area contributed by atoms with Crippen molar-refractivity contribution in [2.75, 3.05) is 18.2 Å². The summed E-state index contributed by atoms with van der Waals surface area (Å²) < 4.78 is 13.3. The Balaban J connectivity index is 1.80. The molecule has 0 radical (unpaired) electrons. The first-order chi connectivity index (χ1) is 14.0. The van der Waals surface area contributed by atoms with Gasteiger partial charge in [-0.25, -0.2) is 14.9 Å². The van der Waals surface area contributed by atoms with E-state index in [0.29, 0.717) is 12.6 Å². The number of hydrogen-bond acceptors (Lipinski definition) is 5. The molecule has 1 aromatic carbocycles. The van der Waals surface area contributed by atoms with E-state index in [2.05, 4.69) is 30.2 Å². The molecule has 0 bridgehead atoms. The molecule has 1 aliphatic rings. The molecule has 1 aromatic heterocycles. The van der Waals surface area contributed by atoms with Crippen LogP contribution in [0.25, 0.3) is 10.9 Å². The summed E-state index contributed by atoms with van der Waals surface area (Å²) in [4.78, 5) is 12.5. The smallest absolute Gasteiger partial charge is 0.426 e. The number of para-hydroxylation sites is 1.